The van der Waals surface area contributed by atoms with Crippen molar-refractivity contribution in [1.82, 2.24) is 9.55 Å². The van der Waals surface area contributed by atoms with Gasteiger partial charge in [0, 0.05) is 5.69 Å². The number of benzene rings is 2. The summed E-state index contributed by atoms with van der Waals surface area (Å²) in [6, 6.07) is 10.3. The molecule has 2 aromatic carbocycles. The van der Waals surface area contributed by atoms with E-state index in [1.807, 2.05) is 22.9 Å². The predicted molar refractivity (Wildman–Crippen MR) is 97.7 cm³/mol. The number of hydrogen-bond acceptors (Lipinski definition) is 4. The lowest BCUT2D eigenvalue weighted by Crippen LogP contribution is -2.37. The van der Waals surface area contributed by atoms with E-state index in [-0.39, 0.29) is 6.17 Å². The van der Waals surface area contributed by atoms with Gasteiger partial charge in [-0.15, -0.1) is 0 Å². The van der Waals surface area contributed by atoms with Gasteiger partial charge in [-0.25, -0.2) is 4.98 Å². The smallest absolute Gasteiger partial charge is 0.125 e. The largest absolute Gasteiger partial charge is 0.397 e. The number of nitrogen functional groups attached to an aromatic ring is 1. The lowest BCUT2D eigenvalue weighted by molar-refractivity contribution is 0.664. The van der Waals surface area contributed by atoms with Gasteiger partial charge in [0.25, 0.3) is 0 Å². The van der Waals surface area contributed by atoms with E-state index in [9.17, 15) is 0 Å². The highest BCUT2D eigenvalue weighted by atomic mass is 15.3. The van der Waals surface area contributed by atoms with Gasteiger partial charge in [0.15, 0.2) is 0 Å². The van der Waals surface area contributed by atoms with E-state index in [0.29, 0.717) is 5.69 Å². The Morgan fingerprint density at radius 3 is 2.46 bits per heavy atom. The molecule has 0 fully saturated rings. The Labute approximate surface area is 141 Å². The molecule has 24 heavy (non-hydrogen) atoms. The number of imidazole rings is 1. The highest BCUT2D eigenvalue weighted by Gasteiger charge is 2.32. The van der Waals surface area contributed by atoms with Crippen molar-refractivity contribution < 1.29 is 0 Å². The van der Waals surface area contributed by atoms with E-state index in [4.69, 9.17) is 11.5 Å². The Morgan fingerprint density at radius 2 is 1.75 bits per heavy atom. The first kappa shape index (κ1) is 14.8. The van der Waals surface area contributed by atoms with E-state index >= 15 is 0 Å². The summed E-state index contributed by atoms with van der Waals surface area (Å²) in [6.45, 7) is 6.36. The van der Waals surface area contributed by atoms with Crippen molar-refractivity contribution >= 4 is 17.1 Å². The van der Waals surface area contributed by atoms with Crippen LogP contribution in [0.2, 0.25) is 0 Å². The van der Waals surface area contributed by atoms with Gasteiger partial charge in [0.2, 0.25) is 0 Å². The number of aryl methyl sites for hydroxylation is 3. The van der Waals surface area contributed by atoms with Gasteiger partial charge in [-0.3, -0.25) is 4.57 Å². The van der Waals surface area contributed by atoms with E-state index in [0.717, 1.165) is 22.8 Å². The maximum absolute atomic E-state index is 6.63. The molecule has 2 heterocycles. The average Bonchev–Trinajstić information content (AvgIpc) is 2.99. The van der Waals surface area contributed by atoms with Crippen LogP contribution in [0.1, 0.15) is 28.6 Å². The summed E-state index contributed by atoms with van der Waals surface area (Å²) in [6.07, 6.45) is 3.27. The maximum atomic E-state index is 6.63. The van der Waals surface area contributed by atoms with E-state index in [2.05, 4.69) is 48.9 Å². The summed E-state index contributed by atoms with van der Waals surface area (Å²) >= 11 is 0. The SMILES string of the molecule is Cc1cc(C)c(N2c3cccc(N)c3-n3cncc3C2N)c(C)c1. The summed E-state index contributed by atoms with van der Waals surface area (Å²) in [7, 11) is 0. The van der Waals surface area contributed by atoms with Crippen molar-refractivity contribution in [3.63, 3.8) is 0 Å². The van der Waals surface area contributed by atoms with Crippen molar-refractivity contribution in [3.8, 4) is 5.69 Å². The Balaban J connectivity index is 2.04. The van der Waals surface area contributed by atoms with Crippen LogP contribution < -0.4 is 16.4 Å². The van der Waals surface area contributed by atoms with Crippen LogP contribution in [0.3, 0.4) is 0 Å². The molecular formula is C19H21N5. The number of aromatic nitrogens is 2. The third-order valence-corrected chi connectivity index (χ3v) is 4.67. The highest BCUT2D eigenvalue weighted by molar-refractivity contribution is 5.83. The second-order valence-corrected chi connectivity index (χ2v) is 6.47. The molecule has 1 atom stereocenters. The fourth-order valence-electron chi connectivity index (χ4n) is 3.81. The van der Waals surface area contributed by atoms with Crippen LogP contribution in [0.5, 0.6) is 0 Å². The van der Waals surface area contributed by atoms with Crippen molar-refractivity contribution in [2.75, 3.05) is 10.6 Å². The quantitative estimate of drug-likeness (QED) is 0.673. The number of fused-ring (bicyclic) bond motifs is 3. The molecule has 5 nitrogen and oxygen atoms in total. The summed E-state index contributed by atoms with van der Waals surface area (Å²) < 4.78 is 1.99. The van der Waals surface area contributed by atoms with Gasteiger partial charge in [-0.1, -0.05) is 23.8 Å². The Bertz CT molecular complexity index is 918. The second kappa shape index (κ2) is 5.11. The van der Waals surface area contributed by atoms with Gasteiger partial charge >= 0.3 is 0 Å². The third-order valence-electron chi connectivity index (χ3n) is 4.67. The van der Waals surface area contributed by atoms with E-state index in [1.54, 1.807) is 6.33 Å². The number of hydrogen-bond donors (Lipinski definition) is 2. The van der Waals surface area contributed by atoms with Crippen LogP contribution in [0.15, 0.2) is 42.9 Å². The van der Waals surface area contributed by atoms with Crippen LogP contribution in [0.25, 0.3) is 5.69 Å². The zero-order valence-corrected chi connectivity index (χ0v) is 14.1. The fourth-order valence-corrected chi connectivity index (χ4v) is 3.81. The highest BCUT2D eigenvalue weighted by Crippen LogP contribution is 2.45. The van der Waals surface area contributed by atoms with Gasteiger partial charge in [0.1, 0.15) is 6.17 Å². The minimum atomic E-state index is -0.318. The normalized spacial score (nSPS) is 16.0. The molecular weight excluding hydrogens is 298 g/mol. The predicted octanol–water partition coefficient (Wildman–Crippen LogP) is 3.49. The zero-order chi connectivity index (χ0) is 17.0. The molecule has 1 aromatic heterocycles. The van der Waals surface area contributed by atoms with E-state index in [1.165, 1.54) is 16.7 Å². The Hall–Kier alpha value is -2.79. The van der Waals surface area contributed by atoms with Gasteiger partial charge in [-0.05, 0) is 44.0 Å². The molecule has 4 N–H and O–H groups in total. The maximum Gasteiger partial charge on any atom is 0.125 e. The fraction of sp³-hybridized carbons (Fsp3) is 0.211. The van der Waals surface area contributed by atoms with Crippen LogP contribution in [0.4, 0.5) is 17.1 Å². The minimum absolute atomic E-state index is 0.318. The summed E-state index contributed by atoms with van der Waals surface area (Å²) in [5.74, 6) is 0. The number of nitrogens with two attached hydrogens (primary N) is 2. The van der Waals surface area contributed by atoms with Gasteiger partial charge in [-0.2, -0.15) is 0 Å². The summed E-state index contributed by atoms with van der Waals surface area (Å²) in [4.78, 5) is 6.46. The molecule has 0 radical (unpaired) electrons. The number of nitrogens with zero attached hydrogens (tertiary/aromatic N) is 3. The summed E-state index contributed by atoms with van der Waals surface area (Å²) in [5.41, 5.74) is 21.3. The van der Waals surface area contributed by atoms with Crippen LogP contribution in [-0.2, 0) is 0 Å². The molecule has 0 saturated carbocycles. The van der Waals surface area contributed by atoms with Crippen LogP contribution in [0, 0.1) is 20.8 Å². The molecule has 1 aliphatic heterocycles. The van der Waals surface area contributed by atoms with E-state index < -0.39 is 0 Å². The van der Waals surface area contributed by atoms with Gasteiger partial charge in [0.05, 0.1) is 35.3 Å². The monoisotopic (exact) mass is 319 g/mol. The number of anilines is 3. The number of rotatable bonds is 1. The minimum Gasteiger partial charge on any atom is -0.397 e. The molecule has 0 spiro atoms. The van der Waals surface area contributed by atoms with Crippen molar-refractivity contribution in [3.05, 3.63) is 65.2 Å². The first-order valence-corrected chi connectivity index (χ1v) is 8.03. The van der Waals surface area contributed by atoms with Gasteiger partial charge < -0.3 is 16.4 Å². The topological polar surface area (TPSA) is 73.1 Å². The molecule has 3 aromatic rings. The second-order valence-electron chi connectivity index (χ2n) is 6.47. The van der Waals surface area contributed by atoms with Crippen molar-refractivity contribution in [2.24, 2.45) is 5.73 Å². The van der Waals surface area contributed by atoms with Crippen molar-refractivity contribution in [2.45, 2.75) is 26.9 Å². The van der Waals surface area contributed by atoms with Crippen LogP contribution in [-0.4, -0.2) is 9.55 Å². The molecule has 5 heteroatoms. The van der Waals surface area contributed by atoms with Crippen molar-refractivity contribution in [1.29, 1.82) is 0 Å². The first-order chi connectivity index (χ1) is 11.5. The molecule has 122 valence electrons. The lowest BCUT2D eigenvalue weighted by Gasteiger charge is -2.39. The molecule has 4 rings (SSSR count). The lowest BCUT2D eigenvalue weighted by atomic mass is 10.0. The molecule has 0 amide bonds. The third kappa shape index (κ3) is 1.95. The van der Waals surface area contributed by atoms with Crippen LogP contribution >= 0.6 is 0 Å². The standard InChI is InChI=1S/C19H21N5/c1-11-7-12(2)17(13(3)8-11)24-15-6-4-5-14(20)18(15)23-10-22-9-16(23)19(24)21/h4-10,19H,20-21H2,1-3H3. The number of para-hydroxylation sites is 1. The molecule has 0 saturated heterocycles. The first-order valence-electron chi connectivity index (χ1n) is 8.03. The zero-order valence-electron chi connectivity index (χ0n) is 14.1. The molecule has 1 aliphatic rings. The molecule has 1 unspecified atom stereocenters. The molecule has 0 aliphatic carbocycles. The average molecular weight is 319 g/mol. The Morgan fingerprint density at radius 1 is 1.04 bits per heavy atom. The molecule has 0 bridgehead atoms. The summed E-state index contributed by atoms with van der Waals surface area (Å²) in [5, 5.41) is 0. The Kier molecular flexibility index (Phi) is 3.15.